The first-order chi connectivity index (χ1) is 7.18. The molecule has 1 aromatic rings. The lowest BCUT2D eigenvalue weighted by molar-refractivity contribution is -0.385. The Kier molecular flexibility index (Phi) is 2.75. The van der Waals surface area contributed by atoms with Gasteiger partial charge in [0.05, 0.1) is 16.6 Å². The summed E-state index contributed by atoms with van der Waals surface area (Å²) in [6, 6.07) is 4.42. The molecule has 1 aliphatic heterocycles. The van der Waals surface area contributed by atoms with Crippen molar-refractivity contribution in [3.8, 4) is 5.75 Å². The van der Waals surface area contributed by atoms with Crippen LogP contribution in [0.25, 0.3) is 0 Å². The molecule has 0 aliphatic carbocycles. The van der Waals surface area contributed by atoms with E-state index in [0.717, 1.165) is 0 Å². The summed E-state index contributed by atoms with van der Waals surface area (Å²) in [5.41, 5.74) is -0.122. The number of epoxide rings is 1. The van der Waals surface area contributed by atoms with Crippen LogP contribution in [0.5, 0.6) is 5.75 Å². The van der Waals surface area contributed by atoms with Gasteiger partial charge in [0.1, 0.15) is 12.7 Å². The summed E-state index contributed by atoms with van der Waals surface area (Å²) < 4.78 is 10.2. The summed E-state index contributed by atoms with van der Waals surface area (Å²) in [5.74, 6) is 0.111. The molecule has 6 heteroatoms. The molecular weight excluding hydrogens is 222 g/mol. The van der Waals surface area contributed by atoms with E-state index >= 15 is 0 Å². The van der Waals surface area contributed by atoms with Crippen molar-refractivity contribution in [1.82, 2.24) is 0 Å². The lowest BCUT2D eigenvalue weighted by Crippen LogP contribution is -2.06. The van der Waals surface area contributed by atoms with E-state index in [2.05, 4.69) is 0 Å². The maximum Gasteiger partial charge on any atom is 0.312 e. The molecule has 1 atom stereocenters. The van der Waals surface area contributed by atoms with E-state index in [4.69, 9.17) is 21.1 Å². The standard InChI is InChI=1S/C9H8ClNO4/c10-7-2-1-3-8(11(12)13)9(7)15-5-6-4-14-6/h1-3,6H,4-5H2. The van der Waals surface area contributed by atoms with E-state index in [1.54, 1.807) is 6.07 Å². The number of hydrogen-bond donors (Lipinski definition) is 0. The first-order valence-corrected chi connectivity index (χ1v) is 4.73. The van der Waals surface area contributed by atoms with Crippen LogP contribution in [0.2, 0.25) is 5.02 Å². The Morgan fingerprint density at radius 2 is 2.40 bits per heavy atom. The molecular formula is C9H8ClNO4. The summed E-state index contributed by atoms with van der Waals surface area (Å²) in [5, 5.41) is 10.9. The van der Waals surface area contributed by atoms with E-state index in [1.807, 2.05) is 0 Å². The molecule has 1 saturated heterocycles. The zero-order chi connectivity index (χ0) is 10.8. The second-order valence-corrected chi connectivity index (χ2v) is 3.52. The van der Waals surface area contributed by atoms with Crippen LogP contribution in [0, 0.1) is 10.1 Å². The molecule has 0 bridgehead atoms. The number of nitrogens with zero attached hydrogens (tertiary/aromatic N) is 1. The number of halogens is 1. The van der Waals surface area contributed by atoms with E-state index in [0.29, 0.717) is 13.2 Å². The van der Waals surface area contributed by atoms with Gasteiger partial charge in [-0.25, -0.2) is 0 Å². The predicted octanol–water partition coefficient (Wildman–Crippen LogP) is 2.03. The van der Waals surface area contributed by atoms with Gasteiger partial charge >= 0.3 is 5.69 Å². The fraction of sp³-hybridized carbons (Fsp3) is 0.333. The van der Waals surface area contributed by atoms with Crippen LogP contribution in [-0.2, 0) is 4.74 Å². The van der Waals surface area contributed by atoms with E-state index < -0.39 is 4.92 Å². The van der Waals surface area contributed by atoms with Gasteiger partial charge in [-0.05, 0) is 6.07 Å². The number of nitro groups is 1. The van der Waals surface area contributed by atoms with Gasteiger partial charge in [0.15, 0.2) is 0 Å². The highest BCUT2D eigenvalue weighted by Crippen LogP contribution is 2.34. The van der Waals surface area contributed by atoms with Gasteiger partial charge < -0.3 is 9.47 Å². The maximum atomic E-state index is 10.7. The van der Waals surface area contributed by atoms with Crippen molar-refractivity contribution < 1.29 is 14.4 Å². The van der Waals surface area contributed by atoms with Gasteiger partial charge in [0.25, 0.3) is 0 Å². The zero-order valence-electron chi connectivity index (χ0n) is 7.68. The number of hydrogen-bond acceptors (Lipinski definition) is 4. The molecule has 0 aromatic heterocycles. The minimum Gasteiger partial charge on any atom is -0.483 e. The lowest BCUT2D eigenvalue weighted by atomic mass is 10.3. The number of benzene rings is 1. The third-order valence-corrected chi connectivity index (χ3v) is 2.26. The SMILES string of the molecule is O=[N+]([O-])c1cccc(Cl)c1OCC1CO1. The second-order valence-electron chi connectivity index (χ2n) is 3.11. The first-order valence-electron chi connectivity index (χ1n) is 4.36. The van der Waals surface area contributed by atoms with E-state index in [9.17, 15) is 10.1 Å². The normalized spacial score (nSPS) is 18.6. The van der Waals surface area contributed by atoms with E-state index in [1.165, 1.54) is 12.1 Å². The van der Waals surface area contributed by atoms with Crippen LogP contribution in [0.3, 0.4) is 0 Å². The van der Waals surface area contributed by atoms with Crippen molar-refractivity contribution in [2.24, 2.45) is 0 Å². The van der Waals surface area contributed by atoms with Crippen LogP contribution in [0.4, 0.5) is 5.69 Å². The van der Waals surface area contributed by atoms with Crippen LogP contribution in [0.15, 0.2) is 18.2 Å². The lowest BCUT2D eigenvalue weighted by Gasteiger charge is -2.06. The van der Waals surface area contributed by atoms with Crippen molar-refractivity contribution in [3.63, 3.8) is 0 Å². The van der Waals surface area contributed by atoms with Gasteiger partial charge in [-0.15, -0.1) is 0 Å². The molecule has 1 fully saturated rings. The highest BCUT2D eigenvalue weighted by molar-refractivity contribution is 6.32. The Labute approximate surface area is 90.7 Å². The molecule has 1 aromatic carbocycles. The van der Waals surface area contributed by atoms with Crippen molar-refractivity contribution >= 4 is 17.3 Å². The predicted molar refractivity (Wildman–Crippen MR) is 53.3 cm³/mol. The minimum absolute atomic E-state index is 0.0425. The van der Waals surface area contributed by atoms with Crippen LogP contribution in [-0.4, -0.2) is 24.2 Å². The summed E-state index contributed by atoms with van der Waals surface area (Å²) in [7, 11) is 0. The van der Waals surface area contributed by atoms with Crippen molar-refractivity contribution in [1.29, 1.82) is 0 Å². The maximum absolute atomic E-state index is 10.7. The molecule has 1 heterocycles. The molecule has 5 nitrogen and oxygen atoms in total. The molecule has 2 rings (SSSR count). The molecule has 0 spiro atoms. The zero-order valence-corrected chi connectivity index (χ0v) is 8.44. The monoisotopic (exact) mass is 229 g/mol. The highest BCUT2D eigenvalue weighted by Gasteiger charge is 2.26. The third kappa shape index (κ3) is 2.37. The van der Waals surface area contributed by atoms with Crippen LogP contribution >= 0.6 is 11.6 Å². The molecule has 0 amide bonds. The summed E-state index contributed by atoms with van der Waals surface area (Å²) >= 11 is 5.81. The Bertz CT molecular complexity index is 392. The van der Waals surface area contributed by atoms with Gasteiger partial charge in [-0.3, -0.25) is 10.1 Å². The molecule has 0 radical (unpaired) electrons. The summed E-state index contributed by atoms with van der Waals surface area (Å²) in [6.07, 6.45) is 0.0425. The molecule has 1 unspecified atom stereocenters. The number of rotatable bonds is 4. The van der Waals surface area contributed by atoms with Crippen molar-refractivity contribution in [3.05, 3.63) is 33.3 Å². The Hall–Kier alpha value is -1.33. The smallest absolute Gasteiger partial charge is 0.312 e. The summed E-state index contributed by atoms with van der Waals surface area (Å²) in [4.78, 5) is 10.2. The fourth-order valence-corrected chi connectivity index (χ4v) is 1.35. The quantitative estimate of drug-likeness (QED) is 0.450. The Balaban J connectivity index is 2.20. The summed E-state index contributed by atoms with van der Waals surface area (Å²) in [6.45, 7) is 0.933. The number of para-hydroxylation sites is 1. The van der Waals surface area contributed by atoms with Gasteiger partial charge in [-0.2, -0.15) is 0 Å². The fourth-order valence-electron chi connectivity index (χ4n) is 1.12. The van der Waals surface area contributed by atoms with Crippen LogP contribution < -0.4 is 4.74 Å². The Morgan fingerprint density at radius 3 is 3.00 bits per heavy atom. The van der Waals surface area contributed by atoms with Crippen LogP contribution in [0.1, 0.15) is 0 Å². The third-order valence-electron chi connectivity index (χ3n) is 1.96. The van der Waals surface area contributed by atoms with Gasteiger partial charge in [0.2, 0.25) is 5.75 Å². The number of ether oxygens (including phenoxy) is 2. The second kappa shape index (κ2) is 4.04. The highest BCUT2D eigenvalue weighted by atomic mass is 35.5. The Morgan fingerprint density at radius 1 is 1.67 bits per heavy atom. The molecule has 15 heavy (non-hydrogen) atoms. The number of nitro benzene ring substituents is 1. The molecule has 0 saturated carbocycles. The molecule has 0 N–H and O–H groups in total. The minimum atomic E-state index is -0.519. The topological polar surface area (TPSA) is 64.9 Å². The van der Waals surface area contributed by atoms with E-state index in [-0.39, 0.29) is 22.6 Å². The molecule has 80 valence electrons. The van der Waals surface area contributed by atoms with Gasteiger partial charge in [-0.1, -0.05) is 17.7 Å². The van der Waals surface area contributed by atoms with Gasteiger partial charge in [0, 0.05) is 6.07 Å². The first kappa shape index (κ1) is 10.2. The van der Waals surface area contributed by atoms with Crippen molar-refractivity contribution in [2.75, 3.05) is 13.2 Å². The average Bonchev–Trinajstić information content (AvgIpc) is 2.99. The largest absolute Gasteiger partial charge is 0.483 e. The molecule has 1 aliphatic rings. The average molecular weight is 230 g/mol. The van der Waals surface area contributed by atoms with Crippen molar-refractivity contribution in [2.45, 2.75) is 6.10 Å².